The predicted molar refractivity (Wildman–Crippen MR) is 141 cm³/mol. The van der Waals surface area contributed by atoms with E-state index in [0.29, 0.717) is 11.8 Å². The van der Waals surface area contributed by atoms with Crippen LogP contribution in [0.25, 0.3) is 10.8 Å². The van der Waals surface area contributed by atoms with Gasteiger partial charge in [0.15, 0.2) is 0 Å². The van der Waals surface area contributed by atoms with Crippen molar-refractivity contribution in [1.29, 1.82) is 0 Å². The number of allylic oxidation sites excluding steroid dienone is 3. The molecule has 0 radical (unpaired) electrons. The summed E-state index contributed by atoms with van der Waals surface area (Å²) >= 11 is 0. The van der Waals surface area contributed by atoms with Crippen LogP contribution in [0.3, 0.4) is 0 Å². The molecule has 5 aliphatic carbocycles. The van der Waals surface area contributed by atoms with E-state index >= 15 is 0 Å². The van der Waals surface area contributed by atoms with Gasteiger partial charge in [-0.15, -0.1) is 0 Å². The Bertz CT molecular complexity index is 1260. The lowest BCUT2D eigenvalue weighted by Crippen LogP contribution is -2.57. The number of likely N-dealkylation sites (N-methyl/N-ethyl adjacent to an activating group) is 1. The lowest BCUT2D eigenvalue weighted by molar-refractivity contribution is -0.0639. The van der Waals surface area contributed by atoms with Crippen LogP contribution in [0.5, 0.6) is 0 Å². The number of nitrogens with zero attached hydrogens (tertiary/aromatic N) is 1. The number of aliphatic hydroxyl groups excluding tert-OH is 2. The van der Waals surface area contributed by atoms with Crippen LogP contribution in [0.15, 0.2) is 65.8 Å². The Morgan fingerprint density at radius 3 is 2.57 bits per heavy atom. The molecule has 7 rings (SSSR count). The molecule has 2 N–H and O–H groups in total. The SMILES string of the molecule is CN(C)[C@H]1C[C@@]23CC[C@@]4(C2)C(=CC[C@]2(C)[C@@H](c5ccc6ccccc6c5)CC[C@@H]42)C=C3[C@@H](O)[C@@H]1O. The largest absolute Gasteiger partial charge is 0.388 e. The zero-order chi connectivity index (χ0) is 24.2. The second kappa shape index (κ2) is 7.31. The molecule has 2 bridgehead atoms. The summed E-state index contributed by atoms with van der Waals surface area (Å²) in [5.74, 6) is 1.28. The zero-order valence-corrected chi connectivity index (χ0v) is 21.4. The molecule has 0 amide bonds. The average Bonchev–Trinajstić information content (AvgIpc) is 3.37. The van der Waals surface area contributed by atoms with E-state index in [1.165, 1.54) is 41.2 Å². The van der Waals surface area contributed by atoms with Crippen molar-refractivity contribution in [2.75, 3.05) is 14.1 Å². The number of benzene rings is 2. The minimum atomic E-state index is -0.740. The van der Waals surface area contributed by atoms with Crippen LogP contribution in [0.1, 0.15) is 63.4 Å². The van der Waals surface area contributed by atoms with E-state index < -0.39 is 12.2 Å². The molecule has 0 aromatic heterocycles. The zero-order valence-electron chi connectivity index (χ0n) is 21.4. The normalized spacial score (nSPS) is 44.0. The Morgan fingerprint density at radius 1 is 0.971 bits per heavy atom. The minimum absolute atomic E-state index is 0.0201. The molecular weight excluding hydrogens is 430 g/mol. The summed E-state index contributed by atoms with van der Waals surface area (Å²) in [6, 6.07) is 15.9. The molecule has 2 spiro atoms. The Balaban J connectivity index is 1.29. The van der Waals surface area contributed by atoms with Crippen molar-refractivity contribution in [2.24, 2.45) is 22.2 Å². The number of rotatable bonds is 2. The first-order chi connectivity index (χ1) is 16.8. The van der Waals surface area contributed by atoms with Crippen LogP contribution in [0.4, 0.5) is 0 Å². The van der Waals surface area contributed by atoms with Gasteiger partial charge >= 0.3 is 0 Å². The molecule has 2 aromatic carbocycles. The van der Waals surface area contributed by atoms with Gasteiger partial charge in [0.05, 0.1) is 6.10 Å². The fraction of sp³-hybridized carbons (Fsp3) is 0.562. The summed E-state index contributed by atoms with van der Waals surface area (Å²) in [6.07, 6.45) is 11.7. The summed E-state index contributed by atoms with van der Waals surface area (Å²) < 4.78 is 0. The van der Waals surface area contributed by atoms with Crippen LogP contribution >= 0.6 is 0 Å². The lowest BCUT2D eigenvalue weighted by atomic mass is 9.49. The van der Waals surface area contributed by atoms with Crippen LogP contribution in [0.2, 0.25) is 0 Å². The number of fused-ring (bicyclic) bond motifs is 2. The number of aliphatic hydroxyl groups is 2. The fourth-order valence-electron chi connectivity index (χ4n) is 9.79. The van der Waals surface area contributed by atoms with Crippen molar-refractivity contribution in [2.45, 2.75) is 76.0 Å². The van der Waals surface area contributed by atoms with Gasteiger partial charge < -0.3 is 15.1 Å². The first-order valence-corrected chi connectivity index (χ1v) is 13.7. The minimum Gasteiger partial charge on any atom is -0.388 e. The van der Waals surface area contributed by atoms with Crippen molar-refractivity contribution in [3.8, 4) is 0 Å². The van der Waals surface area contributed by atoms with Gasteiger partial charge in [0, 0.05) is 6.04 Å². The molecule has 3 nitrogen and oxygen atoms in total. The van der Waals surface area contributed by atoms with E-state index in [-0.39, 0.29) is 22.3 Å². The molecule has 3 heteroatoms. The van der Waals surface area contributed by atoms with Crippen LogP contribution in [0, 0.1) is 22.2 Å². The topological polar surface area (TPSA) is 43.7 Å². The first kappa shape index (κ1) is 22.3. The molecule has 3 saturated carbocycles. The molecule has 3 fully saturated rings. The highest BCUT2D eigenvalue weighted by molar-refractivity contribution is 5.83. The second-order valence-corrected chi connectivity index (χ2v) is 13.0. The highest BCUT2D eigenvalue weighted by Crippen LogP contribution is 2.75. The van der Waals surface area contributed by atoms with E-state index in [1.54, 1.807) is 0 Å². The summed E-state index contributed by atoms with van der Waals surface area (Å²) in [7, 11) is 4.10. The smallest absolute Gasteiger partial charge is 0.103 e. The van der Waals surface area contributed by atoms with Crippen molar-refractivity contribution < 1.29 is 10.2 Å². The van der Waals surface area contributed by atoms with Gasteiger partial charge in [-0.1, -0.05) is 61.5 Å². The van der Waals surface area contributed by atoms with Gasteiger partial charge in [-0.05, 0) is 115 Å². The first-order valence-electron chi connectivity index (χ1n) is 13.7. The Kier molecular flexibility index (Phi) is 4.65. The molecule has 35 heavy (non-hydrogen) atoms. The monoisotopic (exact) mass is 469 g/mol. The molecular formula is C32H39NO2. The van der Waals surface area contributed by atoms with Gasteiger partial charge in [-0.2, -0.15) is 0 Å². The number of hydrogen-bond acceptors (Lipinski definition) is 3. The van der Waals surface area contributed by atoms with Gasteiger partial charge in [0.25, 0.3) is 0 Å². The van der Waals surface area contributed by atoms with Crippen molar-refractivity contribution in [3.63, 3.8) is 0 Å². The maximum Gasteiger partial charge on any atom is 0.103 e. The maximum absolute atomic E-state index is 11.2. The average molecular weight is 470 g/mol. The highest BCUT2D eigenvalue weighted by Gasteiger charge is 2.66. The van der Waals surface area contributed by atoms with E-state index in [1.807, 2.05) is 14.1 Å². The number of hydrogen-bond donors (Lipinski definition) is 2. The molecule has 0 unspecified atom stereocenters. The standard InChI is InChI=1S/C32H39NO2/c1-30-13-12-23-17-25-28(34)29(35)26(33(2)3)18-31(25)14-15-32(23,19-31)27(30)11-10-24(30)22-9-8-20-6-4-5-7-21(20)16-22/h4-9,12,16-17,24,26-29,34-35H,10-11,13-15,18-19H2,1-3H3/t24-,26+,27-,28-,29-,30-,31+,32-/m1/s1. The van der Waals surface area contributed by atoms with Crippen LogP contribution in [-0.4, -0.2) is 47.5 Å². The van der Waals surface area contributed by atoms with Gasteiger partial charge in [-0.3, -0.25) is 0 Å². The van der Waals surface area contributed by atoms with Crippen LogP contribution in [-0.2, 0) is 0 Å². The summed E-state index contributed by atoms with van der Waals surface area (Å²) in [6.45, 7) is 2.58. The second-order valence-electron chi connectivity index (χ2n) is 13.0. The Hall–Kier alpha value is -1.94. The molecule has 184 valence electrons. The fourth-order valence-corrected chi connectivity index (χ4v) is 9.79. The van der Waals surface area contributed by atoms with Gasteiger partial charge in [0.2, 0.25) is 0 Å². The molecule has 5 aliphatic rings. The van der Waals surface area contributed by atoms with Gasteiger partial charge in [-0.25, -0.2) is 0 Å². The molecule has 0 saturated heterocycles. The van der Waals surface area contributed by atoms with Crippen molar-refractivity contribution in [1.82, 2.24) is 4.90 Å². The Morgan fingerprint density at radius 2 is 1.77 bits per heavy atom. The predicted octanol–water partition coefficient (Wildman–Crippen LogP) is 5.82. The maximum atomic E-state index is 11.2. The molecule has 2 aromatic rings. The molecule has 8 atom stereocenters. The van der Waals surface area contributed by atoms with Crippen molar-refractivity contribution in [3.05, 3.63) is 71.3 Å². The molecule has 0 heterocycles. The lowest BCUT2D eigenvalue weighted by Gasteiger charge is -2.56. The molecule has 0 aliphatic heterocycles. The third-order valence-electron chi connectivity index (χ3n) is 11.4. The summed E-state index contributed by atoms with van der Waals surface area (Å²) in [5, 5.41) is 24.9. The van der Waals surface area contributed by atoms with Crippen molar-refractivity contribution >= 4 is 10.8 Å². The van der Waals surface area contributed by atoms with Gasteiger partial charge in [0.1, 0.15) is 6.10 Å². The summed E-state index contributed by atoms with van der Waals surface area (Å²) in [5.41, 5.74) is 4.69. The van der Waals surface area contributed by atoms with E-state index in [0.717, 1.165) is 31.3 Å². The van der Waals surface area contributed by atoms with E-state index in [9.17, 15) is 10.2 Å². The highest BCUT2D eigenvalue weighted by atomic mass is 16.3. The summed E-state index contributed by atoms with van der Waals surface area (Å²) in [4.78, 5) is 2.13. The third-order valence-corrected chi connectivity index (χ3v) is 11.4. The van der Waals surface area contributed by atoms with E-state index in [2.05, 4.69) is 66.4 Å². The Labute approximate surface area is 209 Å². The quantitative estimate of drug-likeness (QED) is 0.582. The van der Waals surface area contributed by atoms with E-state index in [4.69, 9.17) is 0 Å². The third kappa shape index (κ3) is 2.84. The van der Waals surface area contributed by atoms with Crippen LogP contribution < -0.4 is 0 Å².